The molecule has 1 aliphatic rings. The maximum Gasteiger partial charge on any atom is 0.266 e. The maximum absolute atomic E-state index is 13.0. The molecule has 1 amide bonds. The van der Waals surface area contributed by atoms with Crippen LogP contribution in [0.2, 0.25) is 0 Å². The molecule has 0 atom stereocenters. The van der Waals surface area contributed by atoms with Crippen LogP contribution in [0.15, 0.2) is 42.0 Å². The minimum absolute atomic E-state index is 0.108. The van der Waals surface area contributed by atoms with Gasteiger partial charge in [0.15, 0.2) is 0 Å². The van der Waals surface area contributed by atoms with Crippen molar-refractivity contribution < 1.29 is 18.7 Å². The number of nitrogens with one attached hydrogen (secondary N) is 1. The normalized spacial score (nSPS) is 13.7. The van der Waals surface area contributed by atoms with Crippen molar-refractivity contribution in [3.8, 4) is 17.6 Å². The lowest BCUT2D eigenvalue weighted by atomic mass is 10.1. The van der Waals surface area contributed by atoms with Crippen LogP contribution in [-0.4, -0.2) is 33.2 Å². The zero-order valence-corrected chi connectivity index (χ0v) is 16.4. The van der Waals surface area contributed by atoms with E-state index in [-0.39, 0.29) is 5.57 Å². The van der Waals surface area contributed by atoms with Crippen molar-refractivity contribution in [2.24, 2.45) is 0 Å². The molecule has 29 heavy (non-hydrogen) atoms. The molecule has 1 N–H and O–H groups in total. The van der Waals surface area contributed by atoms with Crippen molar-refractivity contribution in [2.75, 3.05) is 37.5 Å². The molecule has 1 fully saturated rings. The van der Waals surface area contributed by atoms with E-state index in [0.717, 1.165) is 31.6 Å². The SMILES string of the molecule is COc1cc(N2CCCC2)c(OC)cc1/C=C(\C#N)C(=O)Nc1ccc(F)cc1. The van der Waals surface area contributed by atoms with E-state index in [2.05, 4.69) is 10.2 Å². The van der Waals surface area contributed by atoms with Crippen molar-refractivity contribution >= 4 is 23.4 Å². The molecule has 1 saturated heterocycles. The first-order valence-corrected chi connectivity index (χ1v) is 9.25. The quantitative estimate of drug-likeness (QED) is 0.591. The molecule has 0 bridgehead atoms. The first kappa shape index (κ1) is 20.2. The van der Waals surface area contributed by atoms with Crippen molar-refractivity contribution in [2.45, 2.75) is 12.8 Å². The third kappa shape index (κ3) is 4.66. The molecule has 7 heteroatoms. The fourth-order valence-corrected chi connectivity index (χ4v) is 3.26. The smallest absolute Gasteiger partial charge is 0.266 e. The average Bonchev–Trinajstić information content (AvgIpc) is 3.27. The summed E-state index contributed by atoms with van der Waals surface area (Å²) in [7, 11) is 3.12. The van der Waals surface area contributed by atoms with E-state index in [1.807, 2.05) is 12.1 Å². The van der Waals surface area contributed by atoms with Gasteiger partial charge in [0.2, 0.25) is 0 Å². The van der Waals surface area contributed by atoms with Crippen LogP contribution >= 0.6 is 0 Å². The lowest BCUT2D eigenvalue weighted by molar-refractivity contribution is -0.112. The van der Waals surface area contributed by atoms with E-state index in [9.17, 15) is 14.4 Å². The van der Waals surface area contributed by atoms with Crippen LogP contribution in [0, 0.1) is 17.1 Å². The highest BCUT2D eigenvalue weighted by Gasteiger charge is 2.20. The number of nitriles is 1. The van der Waals surface area contributed by atoms with Crippen molar-refractivity contribution in [1.82, 2.24) is 0 Å². The van der Waals surface area contributed by atoms with Gasteiger partial charge in [0.1, 0.15) is 29.0 Å². The van der Waals surface area contributed by atoms with Crippen molar-refractivity contribution in [3.05, 3.63) is 53.4 Å². The summed E-state index contributed by atoms with van der Waals surface area (Å²) >= 11 is 0. The van der Waals surface area contributed by atoms with Gasteiger partial charge in [0.25, 0.3) is 5.91 Å². The second-order valence-electron chi connectivity index (χ2n) is 6.59. The molecule has 0 radical (unpaired) electrons. The number of anilines is 2. The average molecular weight is 395 g/mol. The van der Waals surface area contributed by atoms with Crippen LogP contribution < -0.4 is 19.7 Å². The van der Waals surface area contributed by atoms with Crippen molar-refractivity contribution in [3.63, 3.8) is 0 Å². The van der Waals surface area contributed by atoms with E-state index >= 15 is 0 Å². The van der Waals surface area contributed by atoms with E-state index in [1.165, 1.54) is 37.5 Å². The number of carbonyl (C=O) groups is 1. The first-order valence-electron chi connectivity index (χ1n) is 9.25. The molecule has 3 rings (SSSR count). The molecular formula is C22H22FN3O3. The van der Waals surface area contributed by atoms with Gasteiger partial charge in [-0.25, -0.2) is 4.39 Å². The highest BCUT2D eigenvalue weighted by molar-refractivity contribution is 6.09. The largest absolute Gasteiger partial charge is 0.496 e. The monoisotopic (exact) mass is 395 g/mol. The van der Waals surface area contributed by atoms with Gasteiger partial charge < -0.3 is 19.7 Å². The minimum atomic E-state index is -0.594. The predicted octanol–water partition coefficient (Wildman–Crippen LogP) is 3.99. The van der Waals surface area contributed by atoms with Gasteiger partial charge in [-0.3, -0.25) is 4.79 Å². The van der Waals surface area contributed by atoms with Gasteiger partial charge in [0.05, 0.1) is 19.9 Å². The predicted molar refractivity (Wildman–Crippen MR) is 110 cm³/mol. The first-order chi connectivity index (χ1) is 14.0. The Morgan fingerprint density at radius 2 is 1.79 bits per heavy atom. The molecule has 6 nitrogen and oxygen atoms in total. The molecule has 1 aliphatic heterocycles. The number of nitrogens with zero attached hydrogens (tertiary/aromatic N) is 2. The zero-order valence-electron chi connectivity index (χ0n) is 16.4. The van der Waals surface area contributed by atoms with Crippen LogP contribution in [0.4, 0.5) is 15.8 Å². The molecule has 0 unspecified atom stereocenters. The Bertz CT molecular complexity index is 959. The summed E-state index contributed by atoms with van der Waals surface area (Å²) < 4.78 is 24.1. The molecule has 1 heterocycles. The summed E-state index contributed by atoms with van der Waals surface area (Å²) in [5, 5.41) is 12.1. The summed E-state index contributed by atoms with van der Waals surface area (Å²) in [5.74, 6) is 0.183. The molecular weight excluding hydrogens is 373 g/mol. The van der Waals surface area contributed by atoms with E-state index in [4.69, 9.17) is 9.47 Å². The standard InChI is InChI=1S/C22H22FN3O3/c1-28-20-13-19(26-9-3-4-10-26)21(29-2)12-15(20)11-16(14-24)22(27)25-18-7-5-17(23)6-8-18/h5-8,11-13H,3-4,9-10H2,1-2H3,(H,25,27)/b16-11+. The maximum atomic E-state index is 13.0. The van der Waals surface area contributed by atoms with Gasteiger partial charge in [-0.15, -0.1) is 0 Å². The lowest BCUT2D eigenvalue weighted by Gasteiger charge is -2.22. The molecule has 2 aromatic carbocycles. The number of rotatable bonds is 6. The topological polar surface area (TPSA) is 74.6 Å². The Balaban J connectivity index is 1.92. The third-order valence-corrected chi connectivity index (χ3v) is 4.74. The van der Waals surface area contributed by atoms with Gasteiger partial charge in [-0.1, -0.05) is 0 Å². The molecule has 150 valence electrons. The summed E-state index contributed by atoms with van der Waals surface area (Å²) in [4.78, 5) is 14.7. The highest BCUT2D eigenvalue weighted by Crippen LogP contribution is 2.38. The Labute approximate surface area is 169 Å². The number of methoxy groups -OCH3 is 2. The Morgan fingerprint density at radius 3 is 2.38 bits per heavy atom. The Morgan fingerprint density at radius 1 is 1.14 bits per heavy atom. The van der Waals surface area contributed by atoms with E-state index < -0.39 is 11.7 Å². The van der Waals surface area contributed by atoms with Crippen LogP contribution in [0.3, 0.4) is 0 Å². The summed E-state index contributed by atoms with van der Waals surface area (Å²) in [5.41, 5.74) is 1.77. The lowest BCUT2D eigenvalue weighted by Crippen LogP contribution is -2.18. The number of halogens is 1. The Kier molecular flexibility index (Phi) is 6.35. The second-order valence-corrected chi connectivity index (χ2v) is 6.59. The second kappa shape index (κ2) is 9.11. The van der Waals surface area contributed by atoms with Crippen LogP contribution in [0.5, 0.6) is 11.5 Å². The van der Waals surface area contributed by atoms with E-state index in [0.29, 0.717) is 22.7 Å². The molecule has 0 saturated carbocycles. The van der Waals surface area contributed by atoms with Gasteiger partial charge in [-0.2, -0.15) is 5.26 Å². The Hall–Kier alpha value is -3.53. The number of hydrogen-bond donors (Lipinski definition) is 1. The van der Waals surface area contributed by atoms with Crippen molar-refractivity contribution in [1.29, 1.82) is 5.26 Å². The summed E-state index contributed by atoms with van der Waals surface area (Å²) in [6.45, 7) is 1.89. The number of benzene rings is 2. The summed E-state index contributed by atoms with van der Waals surface area (Å²) in [6.07, 6.45) is 3.69. The van der Waals surface area contributed by atoms with E-state index in [1.54, 1.807) is 13.2 Å². The number of carbonyl (C=O) groups excluding carboxylic acids is 1. The van der Waals surface area contributed by atoms with Gasteiger partial charge in [-0.05, 0) is 49.2 Å². The van der Waals surface area contributed by atoms with Crippen LogP contribution in [-0.2, 0) is 4.79 Å². The third-order valence-electron chi connectivity index (χ3n) is 4.74. The minimum Gasteiger partial charge on any atom is -0.496 e. The molecule has 2 aromatic rings. The summed E-state index contributed by atoms with van der Waals surface area (Å²) in [6, 6.07) is 10.9. The molecule has 0 spiro atoms. The van der Waals surface area contributed by atoms with Crippen LogP contribution in [0.25, 0.3) is 6.08 Å². The number of hydrogen-bond acceptors (Lipinski definition) is 5. The highest BCUT2D eigenvalue weighted by atomic mass is 19.1. The van der Waals surface area contributed by atoms with Gasteiger partial charge >= 0.3 is 0 Å². The fourth-order valence-electron chi connectivity index (χ4n) is 3.26. The molecule has 0 aliphatic carbocycles. The molecule has 0 aromatic heterocycles. The van der Waals surface area contributed by atoms with Crippen LogP contribution in [0.1, 0.15) is 18.4 Å². The zero-order chi connectivity index (χ0) is 20.8. The van der Waals surface area contributed by atoms with Gasteiger partial charge in [0, 0.05) is 30.4 Å². The number of amides is 1. The fraction of sp³-hybridized carbons (Fsp3) is 0.273. The number of ether oxygens (including phenoxy) is 2.